The van der Waals surface area contributed by atoms with Crippen molar-refractivity contribution in [1.29, 1.82) is 0 Å². The summed E-state index contributed by atoms with van der Waals surface area (Å²) in [7, 11) is 3.25. The third kappa shape index (κ3) is 3.81. The molecule has 5 nitrogen and oxygen atoms in total. The molecule has 1 unspecified atom stereocenters. The number of nitrogens with one attached hydrogen (secondary N) is 1. The van der Waals surface area contributed by atoms with E-state index in [-0.39, 0.29) is 11.9 Å². The number of rotatable bonds is 4. The van der Waals surface area contributed by atoms with E-state index >= 15 is 0 Å². The van der Waals surface area contributed by atoms with Gasteiger partial charge in [0.05, 0.1) is 30.3 Å². The highest BCUT2D eigenvalue weighted by atomic mass is 35.5. The first-order valence-corrected chi connectivity index (χ1v) is 11.3. The summed E-state index contributed by atoms with van der Waals surface area (Å²) in [5, 5.41) is 2.03. The Labute approximate surface area is 201 Å². The zero-order valence-electron chi connectivity index (χ0n) is 18.2. The molecule has 7 heteroatoms. The smallest absolute Gasteiger partial charge is 0.254 e. The molecular weight excluding hydrogens is 459 g/mol. The summed E-state index contributed by atoms with van der Waals surface area (Å²) in [5.74, 6) is 1.36. The minimum absolute atomic E-state index is 0.0770. The highest BCUT2D eigenvalue weighted by Crippen LogP contribution is 2.41. The molecule has 3 aromatic carbocycles. The molecule has 33 heavy (non-hydrogen) atoms. The van der Waals surface area contributed by atoms with Crippen LogP contribution in [0.5, 0.6) is 11.5 Å². The molecule has 1 aliphatic heterocycles. The Kier molecular flexibility index (Phi) is 5.69. The van der Waals surface area contributed by atoms with Gasteiger partial charge in [-0.15, -0.1) is 0 Å². The van der Waals surface area contributed by atoms with Crippen molar-refractivity contribution in [1.82, 2.24) is 9.88 Å². The molecule has 1 atom stereocenters. The quantitative estimate of drug-likeness (QED) is 0.373. The number of H-pyrrole nitrogens is 1. The minimum atomic E-state index is -0.347. The number of fused-ring (bicyclic) bond motifs is 3. The lowest BCUT2D eigenvalue weighted by atomic mass is 9.91. The normalized spacial score (nSPS) is 15.4. The maximum atomic E-state index is 13.7. The molecule has 0 aliphatic carbocycles. The topological polar surface area (TPSA) is 54.6 Å². The molecule has 0 saturated heterocycles. The van der Waals surface area contributed by atoms with E-state index in [9.17, 15) is 4.79 Å². The van der Waals surface area contributed by atoms with Gasteiger partial charge in [-0.2, -0.15) is 0 Å². The minimum Gasteiger partial charge on any atom is -0.497 e. The molecule has 2 heterocycles. The molecule has 4 aromatic rings. The molecule has 168 valence electrons. The monoisotopic (exact) mass is 480 g/mol. The van der Waals surface area contributed by atoms with Crippen molar-refractivity contribution < 1.29 is 14.3 Å². The van der Waals surface area contributed by atoms with Crippen LogP contribution in [0, 0.1) is 0 Å². The summed E-state index contributed by atoms with van der Waals surface area (Å²) in [6.07, 6.45) is 0.718. The number of carbonyl (C=O) groups is 1. The zero-order valence-corrected chi connectivity index (χ0v) is 19.7. The predicted octanol–water partition coefficient (Wildman–Crippen LogP) is 6.28. The first kappa shape index (κ1) is 21.7. The highest BCUT2D eigenvalue weighted by molar-refractivity contribution is 6.42. The Morgan fingerprint density at radius 3 is 2.52 bits per heavy atom. The largest absolute Gasteiger partial charge is 0.497 e. The van der Waals surface area contributed by atoms with Gasteiger partial charge in [0.15, 0.2) is 0 Å². The van der Waals surface area contributed by atoms with Crippen LogP contribution in [0.2, 0.25) is 10.0 Å². The van der Waals surface area contributed by atoms with Crippen LogP contribution in [0.1, 0.15) is 33.2 Å². The van der Waals surface area contributed by atoms with Crippen LogP contribution in [0.3, 0.4) is 0 Å². The molecule has 0 saturated carbocycles. The third-order valence-electron chi connectivity index (χ3n) is 6.17. The van der Waals surface area contributed by atoms with Crippen molar-refractivity contribution in [3.05, 3.63) is 93.1 Å². The molecule has 5 rings (SSSR count). The Bertz CT molecular complexity index is 1370. The van der Waals surface area contributed by atoms with Crippen LogP contribution >= 0.6 is 23.2 Å². The Morgan fingerprint density at radius 1 is 0.970 bits per heavy atom. The van der Waals surface area contributed by atoms with Crippen LogP contribution in [-0.4, -0.2) is 36.6 Å². The van der Waals surface area contributed by atoms with Gasteiger partial charge < -0.3 is 19.4 Å². The maximum Gasteiger partial charge on any atom is 0.254 e. The van der Waals surface area contributed by atoms with E-state index in [2.05, 4.69) is 4.98 Å². The molecule has 0 bridgehead atoms. The average molecular weight is 481 g/mol. The van der Waals surface area contributed by atoms with Gasteiger partial charge in [0, 0.05) is 28.7 Å². The van der Waals surface area contributed by atoms with Gasteiger partial charge in [0.2, 0.25) is 0 Å². The van der Waals surface area contributed by atoms with E-state index in [1.54, 1.807) is 26.4 Å². The van der Waals surface area contributed by atoms with Gasteiger partial charge in [0.25, 0.3) is 5.91 Å². The molecule has 1 amide bonds. The number of nitrogens with zero attached hydrogens (tertiary/aromatic N) is 1. The van der Waals surface area contributed by atoms with Gasteiger partial charge in [0.1, 0.15) is 11.5 Å². The van der Waals surface area contributed by atoms with E-state index in [1.165, 1.54) is 5.56 Å². The number of carbonyl (C=O) groups excluding carboxylic acids is 1. The Morgan fingerprint density at radius 2 is 1.76 bits per heavy atom. The number of halogens is 2. The second-order valence-electron chi connectivity index (χ2n) is 7.99. The lowest BCUT2D eigenvalue weighted by molar-refractivity contribution is 0.0691. The van der Waals surface area contributed by atoms with Gasteiger partial charge in [-0.25, -0.2) is 0 Å². The van der Waals surface area contributed by atoms with Crippen LogP contribution in [0.4, 0.5) is 0 Å². The molecular formula is C26H22Cl2N2O3. The lowest BCUT2D eigenvalue weighted by Gasteiger charge is -2.36. The van der Waals surface area contributed by atoms with Crippen LogP contribution in [0.25, 0.3) is 10.9 Å². The second-order valence-corrected chi connectivity index (χ2v) is 8.80. The van der Waals surface area contributed by atoms with Crippen molar-refractivity contribution in [2.24, 2.45) is 0 Å². The standard InChI is InChI=1S/C26H22Cl2N2O3/c1-32-17-5-3-4-16(12-17)26(31)30-11-10-19-20-14-18(33-2)7-9-23(20)29-24(19)25(30)15-6-8-21(27)22(28)13-15/h3-9,12-14,25,29H,10-11H2,1-2H3. The van der Waals surface area contributed by atoms with Gasteiger partial charge in [-0.1, -0.05) is 35.3 Å². The number of aromatic amines is 1. The summed E-state index contributed by atoms with van der Waals surface area (Å²) < 4.78 is 10.8. The van der Waals surface area contributed by atoms with Crippen molar-refractivity contribution in [2.45, 2.75) is 12.5 Å². The third-order valence-corrected chi connectivity index (χ3v) is 6.91. The number of hydrogen-bond acceptors (Lipinski definition) is 3. The fraction of sp³-hybridized carbons (Fsp3) is 0.192. The summed E-state index contributed by atoms with van der Waals surface area (Å²) in [6, 6.07) is 18.4. The fourth-order valence-electron chi connectivity index (χ4n) is 4.56. The van der Waals surface area contributed by atoms with E-state index in [0.29, 0.717) is 27.9 Å². The lowest BCUT2D eigenvalue weighted by Crippen LogP contribution is -2.40. The van der Waals surface area contributed by atoms with E-state index in [4.69, 9.17) is 32.7 Å². The first-order chi connectivity index (χ1) is 16.0. The zero-order chi connectivity index (χ0) is 23.1. The highest BCUT2D eigenvalue weighted by Gasteiger charge is 2.35. The summed E-state index contributed by atoms with van der Waals surface area (Å²) >= 11 is 12.6. The first-order valence-electron chi connectivity index (χ1n) is 10.6. The van der Waals surface area contributed by atoms with E-state index < -0.39 is 0 Å². The summed E-state index contributed by atoms with van der Waals surface area (Å²) in [5.41, 5.74) is 4.61. The number of benzene rings is 3. The number of methoxy groups -OCH3 is 2. The fourth-order valence-corrected chi connectivity index (χ4v) is 4.87. The molecule has 0 fully saturated rings. The number of ether oxygens (including phenoxy) is 2. The molecule has 1 aliphatic rings. The maximum absolute atomic E-state index is 13.7. The molecule has 1 N–H and O–H groups in total. The van der Waals surface area contributed by atoms with Gasteiger partial charge in [-0.3, -0.25) is 4.79 Å². The van der Waals surface area contributed by atoms with Crippen LogP contribution < -0.4 is 9.47 Å². The summed E-state index contributed by atoms with van der Waals surface area (Å²) in [6.45, 7) is 0.554. The number of aromatic nitrogens is 1. The summed E-state index contributed by atoms with van der Waals surface area (Å²) in [4.78, 5) is 19.1. The molecule has 0 radical (unpaired) electrons. The van der Waals surface area contributed by atoms with E-state index in [1.807, 2.05) is 53.4 Å². The van der Waals surface area contributed by atoms with Gasteiger partial charge >= 0.3 is 0 Å². The van der Waals surface area contributed by atoms with Crippen LogP contribution in [0.15, 0.2) is 60.7 Å². The van der Waals surface area contributed by atoms with Crippen LogP contribution in [-0.2, 0) is 6.42 Å². The predicted molar refractivity (Wildman–Crippen MR) is 131 cm³/mol. The second kappa shape index (κ2) is 8.65. The molecule has 1 aromatic heterocycles. The van der Waals surface area contributed by atoms with Crippen molar-refractivity contribution in [2.75, 3.05) is 20.8 Å². The van der Waals surface area contributed by atoms with Gasteiger partial charge in [-0.05, 0) is 66.1 Å². The van der Waals surface area contributed by atoms with Crippen molar-refractivity contribution in [3.63, 3.8) is 0 Å². The molecule has 0 spiro atoms. The Hall–Kier alpha value is -3.15. The van der Waals surface area contributed by atoms with Crippen molar-refractivity contribution in [3.8, 4) is 11.5 Å². The SMILES string of the molecule is COc1cccc(C(=O)N2CCc3c([nH]c4ccc(OC)cc34)C2c2ccc(Cl)c(Cl)c2)c1. The average Bonchev–Trinajstić information content (AvgIpc) is 3.22. The number of hydrogen-bond donors (Lipinski definition) is 1. The van der Waals surface area contributed by atoms with E-state index in [0.717, 1.165) is 34.3 Å². The Balaban J connectivity index is 1.67. The van der Waals surface area contributed by atoms with Crippen molar-refractivity contribution >= 4 is 40.0 Å². The number of amides is 1.